The van der Waals surface area contributed by atoms with Gasteiger partial charge in [-0.05, 0) is 29.8 Å². The molecule has 2 aromatic rings. The van der Waals surface area contributed by atoms with Crippen LogP contribution < -0.4 is 5.73 Å². The molecule has 0 aliphatic heterocycles. The molecule has 0 radical (unpaired) electrons. The van der Waals surface area contributed by atoms with Crippen LogP contribution in [0.5, 0.6) is 0 Å². The fourth-order valence-electron chi connectivity index (χ4n) is 1.61. The highest BCUT2D eigenvalue weighted by atomic mass is 35.5. The third kappa shape index (κ3) is 3.94. The Morgan fingerprint density at radius 2 is 1.81 bits per heavy atom. The molecule has 0 aromatic heterocycles. The van der Waals surface area contributed by atoms with Crippen LogP contribution in [-0.4, -0.2) is 11.1 Å². The summed E-state index contributed by atoms with van der Waals surface area (Å²) in [6.45, 7) is 0. The van der Waals surface area contributed by atoms with Crippen LogP contribution in [0.25, 0.3) is 6.08 Å². The van der Waals surface area contributed by atoms with Gasteiger partial charge >= 0.3 is 5.97 Å². The zero-order valence-electron chi connectivity index (χ0n) is 10.7. The van der Waals surface area contributed by atoms with Crippen molar-refractivity contribution in [3.05, 3.63) is 58.1 Å². The first-order chi connectivity index (χ1) is 9.99. The summed E-state index contributed by atoms with van der Waals surface area (Å²) in [5.74, 6) is -1.04. The molecule has 0 fully saturated rings. The molecule has 0 unspecified atom stereocenters. The van der Waals surface area contributed by atoms with Gasteiger partial charge in [0, 0.05) is 21.6 Å². The van der Waals surface area contributed by atoms with Crippen molar-refractivity contribution in [1.29, 1.82) is 0 Å². The van der Waals surface area contributed by atoms with Crippen LogP contribution in [-0.2, 0) is 4.79 Å². The second-order valence-corrected chi connectivity index (χ2v) is 5.93. The van der Waals surface area contributed by atoms with Gasteiger partial charge in [-0.1, -0.05) is 53.2 Å². The average molecular weight is 340 g/mol. The molecule has 108 valence electrons. The topological polar surface area (TPSA) is 63.3 Å². The molecule has 0 aliphatic rings. The monoisotopic (exact) mass is 339 g/mol. The third-order valence-electron chi connectivity index (χ3n) is 2.62. The number of carbonyl (C=O) groups is 1. The second-order valence-electron chi connectivity index (χ2n) is 4.09. The van der Waals surface area contributed by atoms with Crippen molar-refractivity contribution >= 4 is 52.7 Å². The smallest absolute Gasteiger partial charge is 0.328 e. The standard InChI is InChI=1S/C15H11Cl2NO2S/c16-14-9(6-8-13(19)20)5-7-12(15(14)17)21-11-4-2-1-3-10(11)18/h1-8H,18H2,(H,19,20)/b8-6+. The molecule has 3 N–H and O–H groups in total. The molecule has 0 spiro atoms. The van der Waals surface area contributed by atoms with Gasteiger partial charge < -0.3 is 10.8 Å². The number of anilines is 1. The van der Waals surface area contributed by atoms with Crippen molar-refractivity contribution < 1.29 is 9.90 Å². The van der Waals surface area contributed by atoms with Crippen LogP contribution in [0.2, 0.25) is 10.0 Å². The minimum Gasteiger partial charge on any atom is -0.478 e. The number of carboxylic acids is 1. The van der Waals surface area contributed by atoms with E-state index in [1.165, 1.54) is 17.8 Å². The zero-order chi connectivity index (χ0) is 15.4. The summed E-state index contributed by atoms with van der Waals surface area (Å²) in [5.41, 5.74) is 7.10. The summed E-state index contributed by atoms with van der Waals surface area (Å²) in [7, 11) is 0. The third-order valence-corrected chi connectivity index (χ3v) is 4.78. The van der Waals surface area contributed by atoms with Crippen LogP contribution in [0.4, 0.5) is 5.69 Å². The van der Waals surface area contributed by atoms with Gasteiger partial charge in [-0.15, -0.1) is 0 Å². The minimum absolute atomic E-state index is 0.314. The fourth-order valence-corrected chi connectivity index (χ4v) is 3.08. The van der Waals surface area contributed by atoms with Crippen LogP contribution in [0, 0.1) is 0 Å². The zero-order valence-corrected chi connectivity index (χ0v) is 13.0. The number of nitrogen functional groups attached to an aromatic ring is 1. The van der Waals surface area contributed by atoms with E-state index in [9.17, 15) is 4.79 Å². The molecule has 0 aliphatic carbocycles. The van der Waals surface area contributed by atoms with E-state index in [1.807, 2.05) is 24.3 Å². The lowest BCUT2D eigenvalue weighted by molar-refractivity contribution is -0.131. The maximum absolute atomic E-state index is 10.5. The number of halogens is 2. The van der Waals surface area contributed by atoms with Gasteiger partial charge in [0.25, 0.3) is 0 Å². The van der Waals surface area contributed by atoms with Gasteiger partial charge in [-0.2, -0.15) is 0 Å². The molecular formula is C15H11Cl2NO2S. The van der Waals surface area contributed by atoms with Crippen molar-refractivity contribution in [2.24, 2.45) is 0 Å². The SMILES string of the molecule is Nc1ccccc1Sc1ccc(/C=C/C(=O)O)c(Cl)c1Cl. The van der Waals surface area contributed by atoms with Crippen molar-refractivity contribution in [3.63, 3.8) is 0 Å². The molecule has 3 nitrogen and oxygen atoms in total. The van der Waals surface area contributed by atoms with E-state index in [0.29, 0.717) is 21.3 Å². The van der Waals surface area contributed by atoms with E-state index < -0.39 is 5.97 Å². The van der Waals surface area contributed by atoms with Crippen molar-refractivity contribution in [2.75, 3.05) is 5.73 Å². The van der Waals surface area contributed by atoms with E-state index in [0.717, 1.165) is 15.9 Å². The van der Waals surface area contributed by atoms with Gasteiger partial charge in [0.2, 0.25) is 0 Å². The number of aliphatic carboxylic acids is 1. The van der Waals surface area contributed by atoms with Gasteiger partial charge in [0.1, 0.15) is 0 Å². The number of hydrogen-bond acceptors (Lipinski definition) is 3. The number of nitrogens with two attached hydrogens (primary N) is 1. The molecule has 0 atom stereocenters. The maximum atomic E-state index is 10.5. The molecule has 2 aromatic carbocycles. The predicted molar refractivity (Wildman–Crippen MR) is 88.1 cm³/mol. The highest BCUT2D eigenvalue weighted by Gasteiger charge is 2.11. The molecule has 2 rings (SSSR count). The summed E-state index contributed by atoms with van der Waals surface area (Å²) in [6.07, 6.45) is 2.42. The summed E-state index contributed by atoms with van der Waals surface area (Å²) in [5, 5.41) is 9.32. The van der Waals surface area contributed by atoms with Gasteiger partial charge in [-0.3, -0.25) is 0 Å². The van der Waals surface area contributed by atoms with Gasteiger partial charge in [-0.25, -0.2) is 4.79 Å². The van der Waals surface area contributed by atoms with E-state index in [4.69, 9.17) is 34.0 Å². The first-order valence-electron chi connectivity index (χ1n) is 5.90. The Kier molecular flexibility index (Phi) is 5.17. The van der Waals surface area contributed by atoms with Crippen LogP contribution >= 0.6 is 35.0 Å². The minimum atomic E-state index is -1.04. The van der Waals surface area contributed by atoms with E-state index in [-0.39, 0.29) is 0 Å². The molecule has 0 heterocycles. The summed E-state index contributed by atoms with van der Waals surface area (Å²) < 4.78 is 0. The van der Waals surface area contributed by atoms with E-state index in [2.05, 4.69) is 0 Å². The molecule has 6 heteroatoms. The lowest BCUT2D eigenvalue weighted by atomic mass is 10.2. The van der Waals surface area contributed by atoms with Crippen molar-refractivity contribution in [3.8, 4) is 0 Å². The van der Waals surface area contributed by atoms with Crippen LogP contribution in [0.1, 0.15) is 5.56 Å². The van der Waals surface area contributed by atoms with Gasteiger partial charge in [0.05, 0.1) is 10.0 Å². The fraction of sp³-hybridized carbons (Fsp3) is 0. The summed E-state index contributed by atoms with van der Waals surface area (Å²) in [6, 6.07) is 10.9. The second kappa shape index (κ2) is 6.89. The molecule has 21 heavy (non-hydrogen) atoms. The Labute approximate surface area is 136 Å². The largest absolute Gasteiger partial charge is 0.478 e. The lowest BCUT2D eigenvalue weighted by Crippen LogP contribution is -1.89. The Hall–Kier alpha value is -1.62. The Morgan fingerprint density at radius 3 is 2.48 bits per heavy atom. The van der Waals surface area contributed by atoms with Gasteiger partial charge in [0.15, 0.2) is 0 Å². The maximum Gasteiger partial charge on any atom is 0.328 e. The average Bonchev–Trinajstić information content (AvgIpc) is 2.45. The van der Waals surface area contributed by atoms with Crippen molar-refractivity contribution in [1.82, 2.24) is 0 Å². The number of rotatable bonds is 4. The quantitative estimate of drug-likeness (QED) is 0.618. The van der Waals surface area contributed by atoms with Crippen LogP contribution in [0.3, 0.4) is 0 Å². The summed E-state index contributed by atoms with van der Waals surface area (Å²) >= 11 is 13.8. The molecule has 0 bridgehead atoms. The Bertz CT molecular complexity index is 717. The first kappa shape index (κ1) is 15.8. The number of para-hydroxylation sites is 1. The molecule has 0 amide bonds. The van der Waals surface area contributed by atoms with E-state index >= 15 is 0 Å². The van der Waals surface area contributed by atoms with E-state index in [1.54, 1.807) is 12.1 Å². The molecule has 0 saturated heterocycles. The highest BCUT2D eigenvalue weighted by Crippen LogP contribution is 2.40. The molecular weight excluding hydrogens is 329 g/mol. The molecule has 0 saturated carbocycles. The first-order valence-corrected chi connectivity index (χ1v) is 7.47. The van der Waals surface area contributed by atoms with Crippen LogP contribution in [0.15, 0.2) is 52.3 Å². The lowest BCUT2D eigenvalue weighted by Gasteiger charge is -2.09. The van der Waals surface area contributed by atoms with Crippen molar-refractivity contribution in [2.45, 2.75) is 9.79 Å². The Balaban J connectivity index is 2.33. The normalized spacial score (nSPS) is 11.0. The number of benzene rings is 2. The number of carboxylic acid groups (broad SMARTS) is 1. The number of hydrogen-bond donors (Lipinski definition) is 2. The predicted octanol–water partition coefficient (Wildman–Crippen LogP) is 4.82. The summed E-state index contributed by atoms with van der Waals surface area (Å²) in [4.78, 5) is 12.2. The highest BCUT2D eigenvalue weighted by molar-refractivity contribution is 7.99. The Morgan fingerprint density at radius 1 is 1.10 bits per heavy atom.